The Bertz CT molecular complexity index is 402. The van der Waals surface area contributed by atoms with Gasteiger partial charge in [0, 0.05) is 25.6 Å². The Morgan fingerprint density at radius 2 is 2.29 bits per heavy atom. The fourth-order valence-electron chi connectivity index (χ4n) is 2.40. The minimum Gasteiger partial charge on any atom is -0.331 e. The van der Waals surface area contributed by atoms with Crippen LogP contribution in [-0.2, 0) is 11.3 Å². The first-order chi connectivity index (χ1) is 8.19. The molecule has 1 aliphatic heterocycles. The molecule has 2 atom stereocenters. The van der Waals surface area contributed by atoms with Crippen LogP contribution in [0.4, 0.5) is 0 Å². The van der Waals surface area contributed by atoms with Crippen LogP contribution in [0.3, 0.4) is 0 Å². The highest BCUT2D eigenvalue weighted by molar-refractivity contribution is 5.80. The Labute approximate surface area is 101 Å². The molecule has 1 aromatic heterocycles. The van der Waals surface area contributed by atoms with E-state index in [0.29, 0.717) is 6.42 Å². The third-order valence-corrected chi connectivity index (χ3v) is 3.15. The molecule has 6 heteroatoms. The van der Waals surface area contributed by atoms with Gasteiger partial charge in [-0.15, -0.1) is 0 Å². The van der Waals surface area contributed by atoms with Crippen molar-refractivity contribution in [1.82, 2.24) is 19.7 Å². The van der Waals surface area contributed by atoms with Crippen LogP contribution in [0.1, 0.15) is 38.6 Å². The highest BCUT2D eigenvalue weighted by Crippen LogP contribution is 2.30. The molecule has 0 aliphatic carbocycles. The van der Waals surface area contributed by atoms with Crippen LogP contribution in [0.2, 0.25) is 0 Å². The first-order valence-electron chi connectivity index (χ1n) is 6.11. The zero-order valence-electron chi connectivity index (χ0n) is 10.3. The number of carbonyl (C=O) groups excluding carboxylic acids is 1. The molecule has 1 aliphatic rings. The molecule has 1 saturated heterocycles. The number of aryl methyl sites for hydroxylation is 1. The number of nitrogens with zero attached hydrogens (tertiary/aromatic N) is 4. The van der Waals surface area contributed by atoms with Crippen molar-refractivity contribution in [2.45, 2.75) is 45.3 Å². The number of hydrogen-bond acceptors (Lipinski definition) is 4. The van der Waals surface area contributed by atoms with E-state index in [9.17, 15) is 4.79 Å². The topological polar surface area (TPSA) is 77.0 Å². The molecule has 0 saturated carbocycles. The van der Waals surface area contributed by atoms with E-state index in [1.54, 1.807) is 0 Å². The van der Waals surface area contributed by atoms with Gasteiger partial charge in [-0.05, 0) is 13.3 Å². The van der Waals surface area contributed by atoms with Crippen molar-refractivity contribution in [3.05, 3.63) is 12.2 Å². The number of rotatable bonds is 4. The summed E-state index contributed by atoms with van der Waals surface area (Å²) < 4.78 is 1.81. The molecule has 2 unspecified atom stereocenters. The first-order valence-corrected chi connectivity index (χ1v) is 6.11. The molecule has 0 aromatic carbocycles. The second kappa shape index (κ2) is 4.83. The molecule has 17 heavy (non-hydrogen) atoms. The summed E-state index contributed by atoms with van der Waals surface area (Å²) in [6.45, 7) is 5.53. The molecule has 0 spiro atoms. The molecule has 1 fully saturated rings. The SMILES string of the molecule is CCCN1C(=O)CC(N)C1c1ncnn1CC. The smallest absolute Gasteiger partial charge is 0.224 e. The minimum atomic E-state index is -0.177. The standard InChI is InChI=1S/C11H19N5O/c1-3-5-15-9(17)6-8(12)10(15)11-13-7-14-16(11)4-2/h7-8,10H,3-6,12H2,1-2H3. The summed E-state index contributed by atoms with van der Waals surface area (Å²) in [7, 11) is 0. The zero-order chi connectivity index (χ0) is 12.4. The molecule has 2 rings (SSSR count). The van der Waals surface area contributed by atoms with Gasteiger partial charge in [0.25, 0.3) is 0 Å². The van der Waals surface area contributed by atoms with Crippen LogP contribution in [-0.4, -0.2) is 38.2 Å². The van der Waals surface area contributed by atoms with Crippen molar-refractivity contribution in [2.24, 2.45) is 5.73 Å². The van der Waals surface area contributed by atoms with Crippen molar-refractivity contribution in [2.75, 3.05) is 6.54 Å². The van der Waals surface area contributed by atoms with Crippen LogP contribution in [0.15, 0.2) is 6.33 Å². The monoisotopic (exact) mass is 237 g/mol. The van der Waals surface area contributed by atoms with Gasteiger partial charge in [-0.25, -0.2) is 9.67 Å². The zero-order valence-corrected chi connectivity index (χ0v) is 10.3. The van der Waals surface area contributed by atoms with Gasteiger partial charge >= 0.3 is 0 Å². The highest BCUT2D eigenvalue weighted by atomic mass is 16.2. The summed E-state index contributed by atoms with van der Waals surface area (Å²) in [5.74, 6) is 0.925. The summed E-state index contributed by atoms with van der Waals surface area (Å²) in [5, 5.41) is 4.15. The van der Waals surface area contributed by atoms with Crippen molar-refractivity contribution < 1.29 is 4.79 Å². The molecule has 2 heterocycles. The van der Waals surface area contributed by atoms with E-state index < -0.39 is 0 Å². The van der Waals surface area contributed by atoms with E-state index in [-0.39, 0.29) is 18.0 Å². The molecular weight excluding hydrogens is 218 g/mol. The average Bonchev–Trinajstić information content (AvgIpc) is 2.85. The van der Waals surface area contributed by atoms with Crippen LogP contribution in [0.5, 0.6) is 0 Å². The Morgan fingerprint density at radius 1 is 1.53 bits per heavy atom. The van der Waals surface area contributed by atoms with Crippen LogP contribution in [0.25, 0.3) is 0 Å². The maximum absolute atomic E-state index is 11.9. The van der Waals surface area contributed by atoms with Gasteiger partial charge in [0.2, 0.25) is 5.91 Å². The van der Waals surface area contributed by atoms with Crippen molar-refractivity contribution in [3.63, 3.8) is 0 Å². The molecule has 0 radical (unpaired) electrons. The van der Waals surface area contributed by atoms with Gasteiger partial charge in [-0.3, -0.25) is 4.79 Å². The number of hydrogen-bond donors (Lipinski definition) is 1. The lowest BCUT2D eigenvalue weighted by atomic mass is 10.1. The van der Waals surface area contributed by atoms with E-state index in [2.05, 4.69) is 17.0 Å². The van der Waals surface area contributed by atoms with E-state index in [1.165, 1.54) is 6.33 Å². The van der Waals surface area contributed by atoms with Gasteiger partial charge in [-0.2, -0.15) is 5.10 Å². The summed E-state index contributed by atoms with van der Waals surface area (Å²) in [6.07, 6.45) is 2.86. The maximum Gasteiger partial charge on any atom is 0.224 e. The molecular formula is C11H19N5O. The van der Waals surface area contributed by atoms with Crippen LogP contribution in [0, 0.1) is 0 Å². The van der Waals surface area contributed by atoms with E-state index >= 15 is 0 Å². The number of nitrogens with two attached hydrogens (primary N) is 1. The Hall–Kier alpha value is -1.43. The van der Waals surface area contributed by atoms with Crippen LogP contribution < -0.4 is 5.73 Å². The average molecular weight is 237 g/mol. The molecule has 2 N–H and O–H groups in total. The second-order valence-corrected chi connectivity index (χ2v) is 4.33. The van der Waals surface area contributed by atoms with E-state index in [4.69, 9.17) is 5.73 Å². The lowest BCUT2D eigenvalue weighted by Crippen LogP contribution is -2.35. The number of amides is 1. The molecule has 1 aromatic rings. The summed E-state index contributed by atoms with van der Waals surface area (Å²) >= 11 is 0. The minimum absolute atomic E-state index is 0.120. The van der Waals surface area contributed by atoms with Crippen molar-refractivity contribution in [3.8, 4) is 0 Å². The largest absolute Gasteiger partial charge is 0.331 e. The predicted molar refractivity (Wildman–Crippen MR) is 63.0 cm³/mol. The molecule has 1 amide bonds. The van der Waals surface area contributed by atoms with Crippen molar-refractivity contribution in [1.29, 1.82) is 0 Å². The Kier molecular flexibility index (Phi) is 3.42. The normalized spacial score (nSPS) is 24.6. The summed E-state index contributed by atoms with van der Waals surface area (Å²) in [5.41, 5.74) is 6.06. The van der Waals surface area contributed by atoms with Crippen molar-refractivity contribution >= 4 is 5.91 Å². The van der Waals surface area contributed by atoms with E-state index in [0.717, 1.165) is 25.3 Å². The number of likely N-dealkylation sites (tertiary alicyclic amines) is 1. The Morgan fingerprint density at radius 3 is 2.94 bits per heavy atom. The number of carbonyl (C=O) groups is 1. The second-order valence-electron chi connectivity index (χ2n) is 4.33. The van der Waals surface area contributed by atoms with Gasteiger partial charge in [0.15, 0.2) is 5.82 Å². The van der Waals surface area contributed by atoms with Gasteiger partial charge in [-0.1, -0.05) is 6.92 Å². The van der Waals surface area contributed by atoms with Crippen LogP contribution >= 0.6 is 0 Å². The van der Waals surface area contributed by atoms with Gasteiger partial charge in [0.1, 0.15) is 12.4 Å². The third kappa shape index (κ3) is 2.04. The molecule has 0 bridgehead atoms. The summed E-state index contributed by atoms with van der Waals surface area (Å²) in [6, 6.07) is -0.298. The molecule has 94 valence electrons. The quantitative estimate of drug-likeness (QED) is 0.817. The lowest BCUT2D eigenvalue weighted by Gasteiger charge is -2.25. The Balaban J connectivity index is 2.31. The van der Waals surface area contributed by atoms with Gasteiger partial charge in [0.05, 0.1) is 0 Å². The highest BCUT2D eigenvalue weighted by Gasteiger charge is 2.40. The van der Waals surface area contributed by atoms with Gasteiger partial charge < -0.3 is 10.6 Å². The lowest BCUT2D eigenvalue weighted by molar-refractivity contribution is -0.129. The third-order valence-electron chi connectivity index (χ3n) is 3.15. The molecule has 6 nitrogen and oxygen atoms in total. The first kappa shape index (κ1) is 12.0. The fraction of sp³-hybridized carbons (Fsp3) is 0.727. The number of aromatic nitrogens is 3. The maximum atomic E-state index is 11.9. The summed E-state index contributed by atoms with van der Waals surface area (Å²) in [4.78, 5) is 18.0. The predicted octanol–water partition coefficient (Wildman–Crippen LogP) is 0.309. The van der Waals surface area contributed by atoms with E-state index in [1.807, 2.05) is 16.5 Å². The fourth-order valence-corrected chi connectivity index (χ4v) is 2.40.